The van der Waals surface area contributed by atoms with Crippen molar-refractivity contribution in [3.05, 3.63) is 63.0 Å². The molecule has 10 heteroatoms. The Morgan fingerprint density at radius 3 is 2.21 bits per heavy atom. The number of anilines is 2. The van der Waals surface area contributed by atoms with Crippen molar-refractivity contribution in [1.29, 1.82) is 0 Å². The minimum Gasteiger partial charge on any atom is -0.493 e. The Balaban J connectivity index is 1.82. The second kappa shape index (κ2) is 9.79. The monoisotopic (exact) mass is 500 g/mol. The van der Waals surface area contributed by atoms with E-state index in [1.807, 2.05) is 6.92 Å². The van der Waals surface area contributed by atoms with Gasteiger partial charge in [-0.25, -0.2) is 4.98 Å². The minimum absolute atomic E-state index is 0.248. The van der Waals surface area contributed by atoms with E-state index in [9.17, 15) is 4.79 Å². The predicted molar refractivity (Wildman–Crippen MR) is 134 cm³/mol. The summed E-state index contributed by atoms with van der Waals surface area (Å²) >= 11 is 12.7. The predicted octanol–water partition coefficient (Wildman–Crippen LogP) is 5.55. The van der Waals surface area contributed by atoms with Gasteiger partial charge in [0.1, 0.15) is 5.65 Å². The lowest BCUT2D eigenvalue weighted by Gasteiger charge is -2.15. The Morgan fingerprint density at radius 1 is 1.00 bits per heavy atom. The number of rotatable bonds is 7. The Labute approximate surface area is 206 Å². The van der Waals surface area contributed by atoms with Gasteiger partial charge in [-0.3, -0.25) is 9.36 Å². The van der Waals surface area contributed by atoms with E-state index >= 15 is 0 Å². The SMILES string of the molecule is CCn1c(=O)c(-c2c(Cl)cccc2Cl)cc2cnc(Nc3cc(OC)c(OC)c(OC)c3)nc21. The fourth-order valence-corrected chi connectivity index (χ4v) is 4.33. The molecule has 4 aromatic rings. The van der Waals surface area contributed by atoms with Gasteiger partial charge in [-0.15, -0.1) is 0 Å². The molecular formula is C24H22Cl2N4O4. The van der Waals surface area contributed by atoms with Gasteiger partial charge in [0, 0.05) is 41.5 Å². The quantitative estimate of drug-likeness (QED) is 0.355. The van der Waals surface area contributed by atoms with Crippen molar-refractivity contribution in [3.8, 4) is 28.4 Å². The van der Waals surface area contributed by atoms with Gasteiger partial charge in [-0.2, -0.15) is 4.98 Å². The number of halogens is 2. The molecule has 0 spiro atoms. The van der Waals surface area contributed by atoms with E-state index in [4.69, 9.17) is 37.4 Å². The van der Waals surface area contributed by atoms with E-state index in [0.717, 1.165) is 0 Å². The molecule has 0 amide bonds. The molecule has 0 aliphatic heterocycles. The molecule has 0 aliphatic carbocycles. The Morgan fingerprint density at radius 2 is 1.65 bits per heavy atom. The minimum atomic E-state index is -0.248. The number of pyridine rings is 1. The highest BCUT2D eigenvalue weighted by Crippen LogP contribution is 2.40. The summed E-state index contributed by atoms with van der Waals surface area (Å²) in [7, 11) is 4.61. The summed E-state index contributed by atoms with van der Waals surface area (Å²) in [6.45, 7) is 2.26. The maximum atomic E-state index is 13.3. The smallest absolute Gasteiger partial charge is 0.260 e. The van der Waals surface area contributed by atoms with Crippen LogP contribution in [0.1, 0.15) is 6.92 Å². The standard InChI is InChI=1S/C24H22Cl2N4O4/c1-5-30-22-13(9-15(23(30)31)20-16(25)7-6-8-17(20)26)12-27-24(29-22)28-14-10-18(32-2)21(34-4)19(11-14)33-3/h6-12H,5H2,1-4H3,(H,27,28,29). The van der Waals surface area contributed by atoms with Crippen LogP contribution in [0.2, 0.25) is 10.0 Å². The lowest BCUT2D eigenvalue weighted by molar-refractivity contribution is 0.324. The van der Waals surface area contributed by atoms with Crippen molar-refractivity contribution in [2.24, 2.45) is 0 Å². The molecule has 0 radical (unpaired) electrons. The topological polar surface area (TPSA) is 87.5 Å². The molecule has 176 valence electrons. The molecule has 1 N–H and O–H groups in total. The van der Waals surface area contributed by atoms with Gasteiger partial charge in [-0.05, 0) is 25.1 Å². The van der Waals surface area contributed by atoms with Crippen molar-refractivity contribution in [2.45, 2.75) is 13.5 Å². The van der Waals surface area contributed by atoms with Crippen LogP contribution in [0.5, 0.6) is 17.2 Å². The third-order valence-corrected chi connectivity index (χ3v) is 5.93. The highest BCUT2D eigenvalue weighted by atomic mass is 35.5. The number of benzene rings is 2. The fraction of sp³-hybridized carbons (Fsp3) is 0.208. The third kappa shape index (κ3) is 4.22. The molecule has 4 rings (SSSR count). The van der Waals surface area contributed by atoms with E-state index < -0.39 is 0 Å². The third-order valence-electron chi connectivity index (χ3n) is 5.30. The van der Waals surface area contributed by atoms with Gasteiger partial charge in [0.25, 0.3) is 5.56 Å². The summed E-state index contributed by atoms with van der Waals surface area (Å²) in [6, 6.07) is 10.3. The molecule has 0 atom stereocenters. The number of nitrogens with one attached hydrogen (secondary N) is 1. The van der Waals surface area contributed by atoms with Crippen LogP contribution in [0.3, 0.4) is 0 Å². The summed E-state index contributed by atoms with van der Waals surface area (Å²) < 4.78 is 17.7. The number of ether oxygens (including phenoxy) is 3. The number of nitrogens with zero attached hydrogens (tertiary/aromatic N) is 3. The first-order valence-electron chi connectivity index (χ1n) is 10.3. The number of aromatic nitrogens is 3. The van der Waals surface area contributed by atoms with Crippen LogP contribution >= 0.6 is 23.2 Å². The van der Waals surface area contributed by atoms with E-state index in [-0.39, 0.29) is 5.56 Å². The van der Waals surface area contributed by atoms with Crippen molar-refractivity contribution in [1.82, 2.24) is 14.5 Å². The second-order valence-corrected chi connectivity index (χ2v) is 8.03. The van der Waals surface area contributed by atoms with E-state index in [1.54, 1.807) is 47.2 Å². The summed E-state index contributed by atoms with van der Waals surface area (Å²) in [5.74, 6) is 1.74. The number of hydrogen-bond donors (Lipinski definition) is 1. The Kier molecular flexibility index (Phi) is 6.81. The molecule has 2 heterocycles. The van der Waals surface area contributed by atoms with Crippen LogP contribution < -0.4 is 25.1 Å². The molecule has 0 saturated carbocycles. The largest absolute Gasteiger partial charge is 0.493 e. The first-order valence-corrected chi connectivity index (χ1v) is 11.1. The summed E-state index contributed by atoms with van der Waals surface area (Å²) in [5, 5.41) is 4.60. The Hall–Kier alpha value is -3.49. The molecule has 0 saturated heterocycles. The van der Waals surface area contributed by atoms with Crippen LogP contribution in [0.25, 0.3) is 22.2 Å². The van der Waals surface area contributed by atoms with Gasteiger partial charge >= 0.3 is 0 Å². The lowest BCUT2D eigenvalue weighted by Crippen LogP contribution is -2.22. The molecule has 0 aliphatic rings. The van der Waals surface area contributed by atoms with Crippen molar-refractivity contribution >= 4 is 45.9 Å². The fourth-order valence-electron chi connectivity index (χ4n) is 3.73. The normalized spacial score (nSPS) is 10.9. The highest BCUT2D eigenvalue weighted by molar-refractivity contribution is 6.39. The molecule has 2 aromatic heterocycles. The van der Waals surface area contributed by atoms with Crippen molar-refractivity contribution in [3.63, 3.8) is 0 Å². The molecule has 0 bridgehead atoms. The zero-order valence-corrected chi connectivity index (χ0v) is 20.5. The zero-order chi connectivity index (χ0) is 24.4. The molecule has 0 unspecified atom stereocenters. The van der Waals surface area contributed by atoms with Crippen LogP contribution in [-0.2, 0) is 6.54 Å². The van der Waals surface area contributed by atoms with Crippen molar-refractivity contribution < 1.29 is 14.2 Å². The maximum absolute atomic E-state index is 13.3. The van der Waals surface area contributed by atoms with E-state index in [0.29, 0.717) is 67.6 Å². The molecule has 8 nitrogen and oxygen atoms in total. The molecular weight excluding hydrogens is 479 g/mol. The van der Waals surface area contributed by atoms with Crippen molar-refractivity contribution in [2.75, 3.05) is 26.6 Å². The Bertz CT molecular complexity index is 1390. The first-order chi connectivity index (χ1) is 16.4. The van der Waals surface area contributed by atoms with Gasteiger partial charge in [0.05, 0.1) is 36.9 Å². The van der Waals surface area contributed by atoms with Gasteiger partial charge in [0.15, 0.2) is 11.5 Å². The molecule has 2 aromatic carbocycles. The summed E-state index contributed by atoms with van der Waals surface area (Å²) in [6.07, 6.45) is 1.64. The summed E-state index contributed by atoms with van der Waals surface area (Å²) in [5.41, 5.74) is 1.73. The van der Waals surface area contributed by atoms with E-state index in [2.05, 4.69) is 15.3 Å². The van der Waals surface area contributed by atoms with Crippen LogP contribution in [-0.4, -0.2) is 35.9 Å². The van der Waals surface area contributed by atoms with Gasteiger partial charge in [-0.1, -0.05) is 29.3 Å². The number of aryl methyl sites for hydroxylation is 1. The van der Waals surface area contributed by atoms with Crippen LogP contribution in [0.15, 0.2) is 47.4 Å². The second-order valence-electron chi connectivity index (χ2n) is 7.22. The number of fused-ring (bicyclic) bond motifs is 1. The average molecular weight is 501 g/mol. The van der Waals surface area contributed by atoms with Crippen LogP contribution in [0.4, 0.5) is 11.6 Å². The highest BCUT2D eigenvalue weighted by Gasteiger charge is 2.18. The van der Waals surface area contributed by atoms with Gasteiger partial charge < -0.3 is 19.5 Å². The van der Waals surface area contributed by atoms with Crippen LogP contribution in [0, 0.1) is 0 Å². The molecule has 0 fully saturated rings. The average Bonchev–Trinajstić information content (AvgIpc) is 2.83. The van der Waals surface area contributed by atoms with E-state index in [1.165, 1.54) is 21.3 Å². The lowest BCUT2D eigenvalue weighted by atomic mass is 10.1. The maximum Gasteiger partial charge on any atom is 0.260 e. The summed E-state index contributed by atoms with van der Waals surface area (Å²) in [4.78, 5) is 22.4. The molecule has 34 heavy (non-hydrogen) atoms. The first kappa shape index (κ1) is 23.7. The number of hydrogen-bond acceptors (Lipinski definition) is 7. The number of methoxy groups -OCH3 is 3. The zero-order valence-electron chi connectivity index (χ0n) is 19.0. The van der Waals surface area contributed by atoms with Gasteiger partial charge in [0.2, 0.25) is 11.7 Å².